The number of H-pyrrole nitrogens is 1. The van der Waals surface area contributed by atoms with E-state index in [1.54, 1.807) is 12.1 Å². The van der Waals surface area contributed by atoms with Gasteiger partial charge < -0.3 is 9.88 Å². The van der Waals surface area contributed by atoms with Gasteiger partial charge in [-0.3, -0.25) is 0 Å². The van der Waals surface area contributed by atoms with E-state index in [-0.39, 0.29) is 5.82 Å². The highest BCUT2D eigenvalue weighted by atomic mass is 19.1. The minimum absolute atomic E-state index is 0.186. The molecule has 0 aliphatic carbocycles. The number of aromatic amines is 1. The van der Waals surface area contributed by atoms with Crippen LogP contribution in [0.4, 0.5) is 4.39 Å². The van der Waals surface area contributed by atoms with Gasteiger partial charge in [-0.15, -0.1) is 0 Å². The number of piperidine rings is 1. The van der Waals surface area contributed by atoms with E-state index in [1.807, 2.05) is 6.07 Å². The number of fused-ring (bicyclic) bond motifs is 1. The van der Waals surface area contributed by atoms with Crippen LogP contribution in [0, 0.1) is 5.82 Å². The first-order chi connectivity index (χ1) is 12.8. The maximum atomic E-state index is 13.8. The Hall–Kier alpha value is -2.13. The van der Waals surface area contributed by atoms with Gasteiger partial charge in [0.15, 0.2) is 0 Å². The fraction of sp³-hybridized carbons (Fsp3) is 0.391. The summed E-state index contributed by atoms with van der Waals surface area (Å²) in [7, 11) is 0. The lowest BCUT2D eigenvalue weighted by molar-refractivity contribution is 0.146. The predicted molar refractivity (Wildman–Crippen MR) is 107 cm³/mol. The third-order valence-corrected chi connectivity index (χ3v) is 5.80. The zero-order valence-corrected chi connectivity index (χ0v) is 15.5. The third-order valence-electron chi connectivity index (χ3n) is 5.80. The van der Waals surface area contributed by atoms with Gasteiger partial charge in [-0.25, -0.2) is 4.39 Å². The average molecular weight is 350 g/mol. The Bertz CT molecular complexity index is 883. The molecule has 1 atom stereocenters. The summed E-state index contributed by atoms with van der Waals surface area (Å²) >= 11 is 0. The van der Waals surface area contributed by atoms with Crippen LogP contribution in [-0.2, 0) is 6.42 Å². The van der Waals surface area contributed by atoms with Crippen LogP contribution in [0.1, 0.15) is 38.2 Å². The van der Waals surface area contributed by atoms with Gasteiger partial charge in [0, 0.05) is 34.7 Å². The molecule has 1 unspecified atom stereocenters. The van der Waals surface area contributed by atoms with Gasteiger partial charge in [-0.2, -0.15) is 0 Å². The van der Waals surface area contributed by atoms with E-state index >= 15 is 0 Å². The molecule has 26 heavy (non-hydrogen) atoms. The summed E-state index contributed by atoms with van der Waals surface area (Å²) in [6.07, 6.45) is 6.20. The lowest BCUT2D eigenvalue weighted by atomic mass is 9.98. The topological polar surface area (TPSA) is 19.0 Å². The van der Waals surface area contributed by atoms with Crippen molar-refractivity contribution in [2.75, 3.05) is 13.1 Å². The minimum atomic E-state index is -0.186. The molecule has 1 fully saturated rings. The number of hydrogen-bond acceptors (Lipinski definition) is 1. The zero-order valence-electron chi connectivity index (χ0n) is 15.5. The molecule has 136 valence electrons. The number of hydrogen-bond donors (Lipinski definition) is 1. The fourth-order valence-electron chi connectivity index (χ4n) is 4.42. The predicted octanol–water partition coefficient (Wildman–Crippen LogP) is 5.78. The molecule has 0 saturated carbocycles. The first-order valence-electron chi connectivity index (χ1n) is 9.86. The Labute approximate surface area is 155 Å². The second-order valence-electron chi connectivity index (χ2n) is 7.38. The van der Waals surface area contributed by atoms with Crippen LogP contribution in [0.15, 0.2) is 48.5 Å². The van der Waals surface area contributed by atoms with Crippen LogP contribution in [0.2, 0.25) is 0 Å². The fourth-order valence-corrected chi connectivity index (χ4v) is 4.42. The van der Waals surface area contributed by atoms with Crippen molar-refractivity contribution in [2.24, 2.45) is 0 Å². The van der Waals surface area contributed by atoms with Gasteiger partial charge in [-0.1, -0.05) is 43.7 Å². The molecule has 3 heteroatoms. The van der Waals surface area contributed by atoms with E-state index in [1.165, 1.54) is 49.2 Å². The lowest BCUT2D eigenvalue weighted by Gasteiger charge is -2.35. The zero-order chi connectivity index (χ0) is 17.9. The number of benzene rings is 2. The molecular weight excluding hydrogens is 323 g/mol. The first-order valence-corrected chi connectivity index (χ1v) is 9.86. The molecule has 1 saturated heterocycles. The van der Waals surface area contributed by atoms with Crippen LogP contribution in [0.3, 0.4) is 0 Å². The first kappa shape index (κ1) is 17.3. The molecule has 1 aromatic heterocycles. The van der Waals surface area contributed by atoms with Crippen molar-refractivity contribution in [3.05, 3.63) is 59.9 Å². The van der Waals surface area contributed by atoms with Gasteiger partial charge in [0.2, 0.25) is 0 Å². The van der Waals surface area contributed by atoms with Gasteiger partial charge in [0.05, 0.1) is 0 Å². The van der Waals surface area contributed by atoms with Crippen molar-refractivity contribution in [2.45, 2.75) is 45.1 Å². The monoisotopic (exact) mass is 350 g/mol. The third kappa shape index (κ3) is 3.41. The largest absolute Gasteiger partial charge is 0.354 e. The molecule has 1 aliphatic heterocycles. The summed E-state index contributed by atoms with van der Waals surface area (Å²) in [6.45, 7) is 4.58. The molecule has 0 radical (unpaired) electrons. The number of likely N-dealkylation sites (tertiary alicyclic amines) is 1. The Morgan fingerprint density at radius 1 is 1.12 bits per heavy atom. The van der Waals surface area contributed by atoms with Crippen LogP contribution in [0.5, 0.6) is 0 Å². The second-order valence-corrected chi connectivity index (χ2v) is 7.38. The maximum Gasteiger partial charge on any atom is 0.123 e. The molecule has 0 spiro atoms. The Morgan fingerprint density at radius 2 is 2.00 bits per heavy atom. The molecular formula is C23H27FN2. The summed E-state index contributed by atoms with van der Waals surface area (Å²) in [5, 5.41) is 1.26. The van der Waals surface area contributed by atoms with E-state index in [0.717, 1.165) is 29.7 Å². The SMILES string of the molecule is CCC1CCCCN1CCc1c(-c2cccc(F)c2)[nH]c2ccccc12. The highest BCUT2D eigenvalue weighted by Gasteiger charge is 2.21. The van der Waals surface area contributed by atoms with Crippen LogP contribution in [-0.4, -0.2) is 29.0 Å². The standard InChI is InChI=1S/C23H27FN2/c1-2-19-10-5-6-14-26(19)15-13-21-20-11-3-4-12-22(20)25-23(21)17-8-7-9-18(24)16-17/h3-4,7-9,11-12,16,19,25H,2,5-6,10,13-15H2,1H3. The van der Waals surface area contributed by atoms with Crippen molar-refractivity contribution in [3.63, 3.8) is 0 Å². The van der Waals surface area contributed by atoms with Gasteiger partial charge in [-0.05, 0) is 56.0 Å². The van der Waals surface area contributed by atoms with Gasteiger partial charge in [0.1, 0.15) is 5.82 Å². The number of halogens is 1. The van der Waals surface area contributed by atoms with Crippen LogP contribution in [0.25, 0.3) is 22.2 Å². The van der Waals surface area contributed by atoms with E-state index in [2.05, 4.69) is 41.1 Å². The number of aromatic nitrogens is 1. The molecule has 3 aromatic rings. The van der Waals surface area contributed by atoms with E-state index in [9.17, 15) is 4.39 Å². The minimum Gasteiger partial charge on any atom is -0.354 e. The molecule has 4 rings (SSSR count). The second kappa shape index (κ2) is 7.63. The molecule has 2 heterocycles. The van der Waals surface area contributed by atoms with Crippen LogP contribution < -0.4 is 0 Å². The van der Waals surface area contributed by atoms with E-state index in [4.69, 9.17) is 0 Å². The molecule has 1 N–H and O–H groups in total. The molecule has 2 aromatic carbocycles. The molecule has 1 aliphatic rings. The number of para-hydroxylation sites is 1. The maximum absolute atomic E-state index is 13.8. The van der Waals surface area contributed by atoms with Crippen molar-refractivity contribution >= 4 is 10.9 Å². The van der Waals surface area contributed by atoms with Crippen molar-refractivity contribution in [3.8, 4) is 11.3 Å². The Morgan fingerprint density at radius 3 is 2.85 bits per heavy atom. The summed E-state index contributed by atoms with van der Waals surface area (Å²) in [4.78, 5) is 6.19. The van der Waals surface area contributed by atoms with Crippen molar-refractivity contribution in [1.29, 1.82) is 0 Å². The Balaban J connectivity index is 1.67. The lowest BCUT2D eigenvalue weighted by Crippen LogP contribution is -2.40. The summed E-state index contributed by atoms with van der Waals surface area (Å²) < 4.78 is 13.8. The normalized spacial score (nSPS) is 18.5. The quantitative estimate of drug-likeness (QED) is 0.618. The summed E-state index contributed by atoms with van der Waals surface area (Å²) in [5.74, 6) is -0.186. The summed E-state index contributed by atoms with van der Waals surface area (Å²) in [6, 6.07) is 16.1. The van der Waals surface area contributed by atoms with Crippen molar-refractivity contribution in [1.82, 2.24) is 9.88 Å². The van der Waals surface area contributed by atoms with E-state index < -0.39 is 0 Å². The van der Waals surface area contributed by atoms with Crippen molar-refractivity contribution < 1.29 is 4.39 Å². The highest BCUT2D eigenvalue weighted by Crippen LogP contribution is 2.32. The Kier molecular flexibility index (Phi) is 5.07. The van der Waals surface area contributed by atoms with Gasteiger partial charge >= 0.3 is 0 Å². The molecule has 0 amide bonds. The highest BCUT2D eigenvalue weighted by molar-refractivity contribution is 5.90. The average Bonchev–Trinajstić information content (AvgIpc) is 3.05. The number of nitrogens with one attached hydrogen (secondary N) is 1. The number of nitrogens with zero attached hydrogens (tertiary/aromatic N) is 1. The molecule has 2 nitrogen and oxygen atoms in total. The van der Waals surface area contributed by atoms with Gasteiger partial charge in [0.25, 0.3) is 0 Å². The smallest absolute Gasteiger partial charge is 0.123 e. The number of rotatable bonds is 5. The van der Waals surface area contributed by atoms with Crippen LogP contribution >= 0.6 is 0 Å². The molecule has 0 bridgehead atoms. The van der Waals surface area contributed by atoms with E-state index in [0.29, 0.717) is 6.04 Å². The summed E-state index contributed by atoms with van der Waals surface area (Å²) in [5.41, 5.74) is 4.44.